The van der Waals surface area contributed by atoms with Crippen molar-refractivity contribution >= 4 is 34.1 Å². The molecular weight excluding hydrogens is 411 g/mol. The molecule has 146 valence electrons. The average Bonchev–Trinajstić information content (AvgIpc) is 3.00. The van der Waals surface area contributed by atoms with Crippen LogP contribution in [0.4, 0.5) is 0 Å². The van der Waals surface area contributed by atoms with Crippen molar-refractivity contribution in [3.05, 3.63) is 104 Å². The molecule has 1 heterocycles. The zero-order valence-electron chi connectivity index (χ0n) is 15.1. The van der Waals surface area contributed by atoms with Gasteiger partial charge in [0.15, 0.2) is 0 Å². The van der Waals surface area contributed by atoms with Crippen LogP contribution in [0.25, 0.3) is 22.2 Å². The number of aromatic nitrogens is 1. The normalized spacial score (nSPS) is 12.2. The van der Waals surface area contributed by atoms with E-state index in [1.54, 1.807) is 24.3 Å². The molecule has 0 amide bonds. The number of nitrogens with zero attached hydrogens (tertiary/aromatic N) is 2. The van der Waals surface area contributed by atoms with Gasteiger partial charge in [-0.2, -0.15) is 4.73 Å². The molecule has 3 aromatic carbocycles. The maximum atomic E-state index is 11.6. The van der Waals surface area contributed by atoms with Crippen LogP contribution in [0.3, 0.4) is 0 Å². The Kier molecular flexibility index (Phi) is 5.18. The Balaban J connectivity index is 2.07. The van der Waals surface area contributed by atoms with Gasteiger partial charge in [-0.15, -0.1) is 0 Å². The van der Waals surface area contributed by atoms with Gasteiger partial charge in [0.2, 0.25) is 6.54 Å². The molecule has 4 aromatic rings. The summed E-state index contributed by atoms with van der Waals surface area (Å²) in [5.41, 5.74) is 3.06. The molecule has 0 aliphatic rings. The Morgan fingerprint density at radius 2 is 1.69 bits per heavy atom. The van der Waals surface area contributed by atoms with Gasteiger partial charge in [0.1, 0.15) is 0 Å². The molecule has 7 heteroatoms. The Bertz CT molecular complexity index is 1210. The maximum absolute atomic E-state index is 11.6. The first-order valence-electron chi connectivity index (χ1n) is 8.92. The van der Waals surface area contributed by atoms with Crippen molar-refractivity contribution in [1.82, 2.24) is 4.73 Å². The number of halogens is 2. The quantitative estimate of drug-likeness (QED) is 0.232. The molecule has 0 saturated heterocycles. The average molecular weight is 427 g/mol. The van der Waals surface area contributed by atoms with Crippen LogP contribution in [0.1, 0.15) is 17.0 Å². The first-order valence-corrected chi connectivity index (χ1v) is 9.67. The predicted molar refractivity (Wildman–Crippen MR) is 115 cm³/mol. The van der Waals surface area contributed by atoms with E-state index < -0.39 is 5.92 Å². The first-order chi connectivity index (χ1) is 14.0. The minimum absolute atomic E-state index is 0.345. The van der Waals surface area contributed by atoms with Crippen LogP contribution in [0.5, 0.6) is 0 Å². The number of nitro groups is 1. The SMILES string of the molecule is O=[N+]([O-])C[C@@H](c1ccc(Cl)cc1Cl)c1c(-c2ccccc2)n(O)c2ccccc12. The molecule has 5 nitrogen and oxygen atoms in total. The van der Waals surface area contributed by atoms with Crippen LogP contribution in [0, 0.1) is 10.1 Å². The highest BCUT2D eigenvalue weighted by Crippen LogP contribution is 2.42. The third kappa shape index (κ3) is 3.55. The van der Waals surface area contributed by atoms with Crippen molar-refractivity contribution < 1.29 is 10.1 Å². The standard InChI is InChI=1S/C22H16Cl2N2O3/c23-15-10-11-16(19(24)12-15)18(13-25(27)28)21-17-8-4-5-9-20(17)26(29)22(21)14-6-2-1-3-7-14/h1-12,18,29H,13H2/t18-/m0/s1. The van der Waals surface area contributed by atoms with Crippen molar-refractivity contribution in [2.45, 2.75) is 5.92 Å². The Labute approximate surface area is 176 Å². The van der Waals surface area contributed by atoms with Crippen molar-refractivity contribution in [2.24, 2.45) is 0 Å². The number of fused-ring (bicyclic) bond motifs is 1. The molecule has 0 unspecified atom stereocenters. The highest BCUT2D eigenvalue weighted by Gasteiger charge is 2.31. The van der Waals surface area contributed by atoms with Gasteiger partial charge in [0, 0.05) is 31.5 Å². The molecule has 1 aromatic heterocycles. The van der Waals surface area contributed by atoms with E-state index in [1.807, 2.05) is 48.5 Å². The monoisotopic (exact) mass is 426 g/mol. The summed E-state index contributed by atoms with van der Waals surface area (Å²) in [6.07, 6.45) is 0. The molecule has 0 radical (unpaired) electrons. The number of hydrogen-bond donors (Lipinski definition) is 1. The fourth-order valence-corrected chi connectivity index (χ4v) is 4.29. The molecule has 0 aliphatic carbocycles. The molecule has 0 aliphatic heterocycles. The zero-order valence-corrected chi connectivity index (χ0v) is 16.6. The zero-order chi connectivity index (χ0) is 20.5. The van der Waals surface area contributed by atoms with E-state index in [0.717, 1.165) is 15.7 Å². The molecule has 4 rings (SSSR count). The lowest BCUT2D eigenvalue weighted by Crippen LogP contribution is -2.15. The van der Waals surface area contributed by atoms with Gasteiger partial charge >= 0.3 is 0 Å². The summed E-state index contributed by atoms with van der Waals surface area (Å²) < 4.78 is 1.09. The van der Waals surface area contributed by atoms with Crippen molar-refractivity contribution in [2.75, 3.05) is 6.54 Å². The summed E-state index contributed by atoms with van der Waals surface area (Å²) in [6.45, 7) is -0.380. The summed E-state index contributed by atoms with van der Waals surface area (Å²) in [4.78, 5) is 11.2. The molecular formula is C22H16Cl2N2O3. The molecule has 29 heavy (non-hydrogen) atoms. The summed E-state index contributed by atoms with van der Waals surface area (Å²) >= 11 is 12.5. The van der Waals surface area contributed by atoms with Crippen LogP contribution >= 0.6 is 23.2 Å². The second-order valence-corrected chi connectivity index (χ2v) is 7.53. The lowest BCUT2D eigenvalue weighted by Gasteiger charge is -2.17. The second kappa shape index (κ2) is 7.78. The predicted octanol–water partition coefficient (Wildman–Crippen LogP) is 6.26. The smallest absolute Gasteiger partial charge is 0.214 e. The van der Waals surface area contributed by atoms with Crippen LogP contribution < -0.4 is 0 Å². The lowest BCUT2D eigenvalue weighted by molar-refractivity contribution is -0.481. The topological polar surface area (TPSA) is 68.3 Å². The molecule has 1 atom stereocenters. The summed E-state index contributed by atoms with van der Waals surface area (Å²) in [6, 6.07) is 21.5. The fraction of sp³-hybridized carbons (Fsp3) is 0.0909. The third-order valence-electron chi connectivity index (χ3n) is 4.95. The van der Waals surface area contributed by atoms with Gasteiger partial charge < -0.3 is 5.21 Å². The summed E-state index contributed by atoms with van der Waals surface area (Å²) in [5.74, 6) is -0.678. The number of para-hydroxylation sites is 1. The van der Waals surface area contributed by atoms with Gasteiger partial charge in [-0.3, -0.25) is 10.1 Å². The highest BCUT2D eigenvalue weighted by molar-refractivity contribution is 6.35. The minimum Gasteiger partial charge on any atom is -0.428 e. The number of benzene rings is 3. The third-order valence-corrected chi connectivity index (χ3v) is 5.52. The Hall–Kier alpha value is -3.02. The Morgan fingerprint density at radius 3 is 2.38 bits per heavy atom. The van der Waals surface area contributed by atoms with Crippen molar-refractivity contribution in [3.63, 3.8) is 0 Å². The van der Waals surface area contributed by atoms with E-state index in [4.69, 9.17) is 23.2 Å². The van der Waals surface area contributed by atoms with Crippen molar-refractivity contribution in [3.8, 4) is 11.3 Å². The summed E-state index contributed by atoms with van der Waals surface area (Å²) in [5, 5.41) is 24.1. The van der Waals surface area contributed by atoms with E-state index >= 15 is 0 Å². The fourth-order valence-electron chi connectivity index (χ4n) is 3.75. The number of hydrogen-bond acceptors (Lipinski definition) is 3. The van der Waals surface area contributed by atoms with Crippen LogP contribution in [-0.2, 0) is 0 Å². The van der Waals surface area contributed by atoms with E-state index in [-0.39, 0.29) is 11.5 Å². The van der Waals surface area contributed by atoms with E-state index in [0.29, 0.717) is 32.4 Å². The van der Waals surface area contributed by atoms with Gasteiger partial charge in [-0.1, -0.05) is 77.8 Å². The van der Waals surface area contributed by atoms with Crippen LogP contribution in [0.2, 0.25) is 10.0 Å². The molecule has 1 N–H and O–H groups in total. The Morgan fingerprint density at radius 1 is 1.00 bits per heavy atom. The minimum atomic E-state index is -0.678. The molecule has 0 fully saturated rings. The molecule has 0 saturated carbocycles. The van der Waals surface area contributed by atoms with Crippen LogP contribution in [-0.4, -0.2) is 21.4 Å². The van der Waals surface area contributed by atoms with Gasteiger partial charge in [0.25, 0.3) is 0 Å². The van der Waals surface area contributed by atoms with Gasteiger partial charge in [-0.05, 0) is 23.8 Å². The maximum Gasteiger partial charge on any atom is 0.214 e. The molecule has 0 bridgehead atoms. The second-order valence-electron chi connectivity index (χ2n) is 6.69. The van der Waals surface area contributed by atoms with Gasteiger partial charge in [0.05, 0.1) is 17.1 Å². The summed E-state index contributed by atoms with van der Waals surface area (Å²) in [7, 11) is 0. The van der Waals surface area contributed by atoms with Crippen LogP contribution in [0.15, 0.2) is 72.8 Å². The van der Waals surface area contributed by atoms with Crippen molar-refractivity contribution in [1.29, 1.82) is 0 Å². The lowest BCUT2D eigenvalue weighted by atomic mass is 9.87. The van der Waals surface area contributed by atoms with E-state index in [1.165, 1.54) is 0 Å². The first kappa shape index (κ1) is 19.3. The highest BCUT2D eigenvalue weighted by atomic mass is 35.5. The number of rotatable bonds is 5. The largest absolute Gasteiger partial charge is 0.428 e. The van der Waals surface area contributed by atoms with Gasteiger partial charge in [-0.25, -0.2) is 0 Å². The van der Waals surface area contributed by atoms with E-state index in [9.17, 15) is 15.3 Å². The van der Waals surface area contributed by atoms with E-state index in [2.05, 4.69) is 0 Å². The molecule has 0 spiro atoms.